The van der Waals surface area contributed by atoms with E-state index in [1.807, 2.05) is 26.0 Å². The Hall–Kier alpha value is -0.760. The number of ether oxygens (including phenoxy) is 4. The molecule has 142 valence electrons. The lowest BCUT2D eigenvalue weighted by atomic mass is 9.81. The molecule has 0 aromatic carbocycles. The standard InChI is InChI=1S/C19H30O6/c1-18(2)22-17-14-11-12-15(24-23-14)19(17,25-18)13-9-7-5-6-8-10-16(20-3)21-4/h9,11-17H,5-8,10H2,1-4H3/b13-9-/t14-,15+,17+,19-/m0/s1. The van der Waals surface area contributed by atoms with Crippen molar-refractivity contribution >= 4 is 0 Å². The molecular weight excluding hydrogens is 324 g/mol. The average molecular weight is 354 g/mol. The van der Waals surface area contributed by atoms with E-state index >= 15 is 0 Å². The largest absolute Gasteiger partial charge is 0.356 e. The maximum absolute atomic E-state index is 6.26. The van der Waals surface area contributed by atoms with Crippen LogP contribution in [0.25, 0.3) is 0 Å². The summed E-state index contributed by atoms with van der Waals surface area (Å²) in [7, 11) is 3.35. The topological polar surface area (TPSA) is 55.4 Å². The molecule has 2 bridgehead atoms. The van der Waals surface area contributed by atoms with Gasteiger partial charge in [0.2, 0.25) is 0 Å². The molecule has 3 aliphatic heterocycles. The second-order valence-corrected chi connectivity index (χ2v) is 7.30. The van der Waals surface area contributed by atoms with Crippen molar-refractivity contribution in [3.05, 3.63) is 24.3 Å². The Morgan fingerprint density at radius 1 is 1.08 bits per heavy atom. The van der Waals surface area contributed by atoms with Gasteiger partial charge in [-0.05, 0) is 39.5 Å². The fourth-order valence-corrected chi connectivity index (χ4v) is 3.80. The lowest BCUT2D eigenvalue weighted by Crippen LogP contribution is -2.60. The minimum Gasteiger partial charge on any atom is -0.356 e. The molecule has 4 aliphatic rings. The van der Waals surface area contributed by atoms with Crippen molar-refractivity contribution in [2.45, 2.75) is 81.9 Å². The Morgan fingerprint density at radius 3 is 2.56 bits per heavy atom. The molecule has 2 saturated heterocycles. The number of allylic oxidation sites excluding steroid dienone is 1. The van der Waals surface area contributed by atoms with Crippen molar-refractivity contribution in [3.8, 4) is 0 Å². The van der Waals surface area contributed by atoms with E-state index in [0.717, 1.165) is 32.1 Å². The van der Waals surface area contributed by atoms with E-state index in [4.69, 9.17) is 28.7 Å². The molecule has 6 nitrogen and oxygen atoms in total. The number of unbranched alkanes of at least 4 members (excludes halogenated alkanes) is 3. The van der Waals surface area contributed by atoms with Gasteiger partial charge in [0.15, 0.2) is 17.7 Å². The Morgan fingerprint density at radius 2 is 1.88 bits per heavy atom. The van der Waals surface area contributed by atoms with Crippen LogP contribution >= 0.6 is 0 Å². The Kier molecular flexibility index (Phi) is 5.98. The van der Waals surface area contributed by atoms with E-state index in [2.05, 4.69) is 12.2 Å². The molecule has 0 radical (unpaired) electrons. The molecule has 0 amide bonds. The maximum atomic E-state index is 6.26. The van der Waals surface area contributed by atoms with Crippen molar-refractivity contribution in [2.75, 3.05) is 14.2 Å². The first-order chi connectivity index (χ1) is 12.0. The molecule has 0 spiro atoms. The molecule has 0 N–H and O–H groups in total. The smallest absolute Gasteiger partial charge is 0.164 e. The minimum atomic E-state index is -0.649. The normalized spacial score (nSPS) is 35.8. The van der Waals surface area contributed by atoms with Gasteiger partial charge in [-0.25, -0.2) is 9.78 Å². The van der Waals surface area contributed by atoms with Crippen LogP contribution in [0.2, 0.25) is 0 Å². The first-order valence-electron chi connectivity index (χ1n) is 9.12. The molecule has 2 fully saturated rings. The highest BCUT2D eigenvalue weighted by atomic mass is 17.2. The van der Waals surface area contributed by atoms with Crippen molar-refractivity contribution < 1.29 is 28.7 Å². The lowest BCUT2D eigenvalue weighted by Gasteiger charge is -2.44. The van der Waals surface area contributed by atoms with Gasteiger partial charge in [-0.2, -0.15) is 0 Å². The Balaban J connectivity index is 1.51. The molecular formula is C19H30O6. The van der Waals surface area contributed by atoms with Gasteiger partial charge in [0.05, 0.1) is 0 Å². The molecule has 0 aromatic heterocycles. The highest BCUT2D eigenvalue weighted by Crippen LogP contribution is 2.48. The molecule has 6 heteroatoms. The number of hydrogen-bond acceptors (Lipinski definition) is 6. The van der Waals surface area contributed by atoms with Crippen LogP contribution in [0.5, 0.6) is 0 Å². The lowest BCUT2D eigenvalue weighted by molar-refractivity contribution is -0.399. The van der Waals surface area contributed by atoms with Crippen LogP contribution in [0.3, 0.4) is 0 Å². The van der Waals surface area contributed by atoms with Crippen LogP contribution in [0.4, 0.5) is 0 Å². The van der Waals surface area contributed by atoms with Crippen LogP contribution in [0, 0.1) is 0 Å². The highest BCUT2D eigenvalue weighted by molar-refractivity contribution is 5.27. The van der Waals surface area contributed by atoms with E-state index in [1.165, 1.54) is 0 Å². The number of rotatable bonds is 9. The summed E-state index contributed by atoms with van der Waals surface area (Å²) < 4.78 is 22.7. The first-order valence-corrected chi connectivity index (χ1v) is 9.12. The summed E-state index contributed by atoms with van der Waals surface area (Å²) in [6.07, 6.45) is 12.8. The summed E-state index contributed by atoms with van der Waals surface area (Å²) in [6.45, 7) is 3.87. The summed E-state index contributed by atoms with van der Waals surface area (Å²) in [6, 6.07) is 0. The molecule has 1 aliphatic carbocycles. The number of methoxy groups -OCH3 is 2. The zero-order valence-electron chi connectivity index (χ0n) is 15.6. The van der Waals surface area contributed by atoms with Gasteiger partial charge in [-0.1, -0.05) is 30.7 Å². The molecule has 0 saturated carbocycles. The van der Waals surface area contributed by atoms with Gasteiger partial charge in [0, 0.05) is 14.2 Å². The minimum absolute atomic E-state index is 0.0943. The number of fused-ring (bicyclic) bond motifs is 1. The van der Waals surface area contributed by atoms with Crippen LogP contribution in [0.1, 0.15) is 46.0 Å². The monoisotopic (exact) mass is 354 g/mol. The van der Waals surface area contributed by atoms with E-state index in [0.29, 0.717) is 0 Å². The van der Waals surface area contributed by atoms with Crippen molar-refractivity contribution in [1.29, 1.82) is 0 Å². The van der Waals surface area contributed by atoms with E-state index in [1.54, 1.807) is 14.2 Å². The Labute approximate surface area is 150 Å². The fraction of sp³-hybridized carbons (Fsp3) is 0.789. The van der Waals surface area contributed by atoms with Crippen LogP contribution in [-0.4, -0.2) is 50.2 Å². The van der Waals surface area contributed by atoms with Gasteiger partial charge in [0.1, 0.15) is 18.3 Å². The van der Waals surface area contributed by atoms with Gasteiger partial charge >= 0.3 is 0 Å². The highest BCUT2D eigenvalue weighted by Gasteiger charge is 2.63. The fourth-order valence-electron chi connectivity index (χ4n) is 3.80. The van der Waals surface area contributed by atoms with E-state index < -0.39 is 11.4 Å². The SMILES string of the molecule is COC(CCCCC/C=C\[C@@]12OC(C)(C)O[C@@H]1[C@@H]1C=C[C@H]2OO1)OC. The predicted octanol–water partition coefficient (Wildman–Crippen LogP) is 3.27. The zero-order valence-corrected chi connectivity index (χ0v) is 15.6. The summed E-state index contributed by atoms with van der Waals surface area (Å²) >= 11 is 0. The summed E-state index contributed by atoms with van der Waals surface area (Å²) in [4.78, 5) is 10.8. The van der Waals surface area contributed by atoms with E-state index in [-0.39, 0.29) is 24.6 Å². The first kappa shape index (κ1) is 19.0. The summed E-state index contributed by atoms with van der Waals surface area (Å²) in [5, 5.41) is 0. The third kappa shape index (κ3) is 3.99. The van der Waals surface area contributed by atoms with Gasteiger partial charge in [0.25, 0.3) is 0 Å². The molecule has 3 heterocycles. The third-order valence-corrected chi connectivity index (χ3v) is 4.98. The third-order valence-electron chi connectivity index (χ3n) is 4.98. The maximum Gasteiger partial charge on any atom is 0.164 e. The van der Waals surface area contributed by atoms with Gasteiger partial charge < -0.3 is 18.9 Å². The Bertz CT molecular complexity index is 498. The zero-order chi connectivity index (χ0) is 17.9. The molecule has 4 rings (SSSR count). The van der Waals surface area contributed by atoms with Gasteiger partial charge in [-0.3, -0.25) is 0 Å². The second-order valence-electron chi connectivity index (χ2n) is 7.30. The van der Waals surface area contributed by atoms with Crippen molar-refractivity contribution in [1.82, 2.24) is 0 Å². The average Bonchev–Trinajstić information content (AvgIpc) is 2.91. The van der Waals surface area contributed by atoms with Gasteiger partial charge in [-0.15, -0.1) is 0 Å². The van der Waals surface area contributed by atoms with E-state index in [9.17, 15) is 0 Å². The predicted molar refractivity (Wildman–Crippen MR) is 91.7 cm³/mol. The van der Waals surface area contributed by atoms with Crippen LogP contribution in [0.15, 0.2) is 24.3 Å². The van der Waals surface area contributed by atoms with Crippen LogP contribution in [-0.2, 0) is 28.7 Å². The summed E-state index contributed by atoms with van der Waals surface area (Å²) in [5.74, 6) is -0.649. The van der Waals surface area contributed by atoms with Crippen molar-refractivity contribution in [3.63, 3.8) is 0 Å². The molecule has 0 aromatic rings. The molecule has 25 heavy (non-hydrogen) atoms. The van der Waals surface area contributed by atoms with Crippen molar-refractivity contribution in [2.24, 2.45) is 0 Å². The number of hydrogen-bond donors (Lipinski definition) is 0. The second kappa shape index (κ2) is 7.86. The summed E-state index contributed by atoms with van der Waals surface area (Å²) in [5.41, 5.74) is -0.599. The van der Waals surface area contributed by atoms with Crippen LogP contribution < -0.4 is 0 Å². The molecule has 4 atom stereocenters. The quantitative estimate of drug-likeness (QED) is 0.274. The molecule has 0 unspecified atom stereocenters.